The third-order valence-electron chi connectivity index (χ3n) is 4.39. The fourth-order valence-electron chi connectivity index (χ4n) is 2.82. The normalized spacial score (nSPS) is 11.1. The van der Waals surface area contributed by atoms with Crippen LogP contribution in [-0.4, -0.2) is 29.0 Å². The minimum atomic E-state index is -0.331. The van der Waals surface area contributed by atoms with Crippen molar-refractivity contribution < 1.29 is 9.53 Å². The molecule has 0 atom stereocenters. The molecule has 0 radical (unpaired) electrons. The van der Waals surface area contributed by atoms with Gasteiger partial charge in [0.15, 0.2) is 0 Å². The maximum Gasteiger partial charge on any atom is 0.271 e. The van der Waals surface area contributed by atoms with Gasteiger partial charge >= 0.3 is 0 Å². The van der Waals surface area contributed by atoms with Crippen LogP contribution in [0.1, 0.15) is 32.9 Å². The maximum atomic E-state index is 12.1. The van der Waals surface area contributed by atoms with Crippen molar-refractivity contribution in [3.8, 4) is 5.75 Å². The number of carbonyl (C=O) groups is 1. The lowest BCUT2D eigenvalue weighted by atomic mass is 10.1. The molecule has 0 aliphatic heterocycles. The van der Waals surface area contributed by atoms with Gasteiger partial charge in [-0.1, -0.05) is 29.8 Å². The van der Waals surface area contributed by atoms with Crippen molar-refractivity contribution in [2.45, 2.75) is 20.4 Å². The van der Waals surface area contributed by atoms with Gasteiger partial charge in [-0.2, -0.15) is 10.2 Å². The quantitative estimate of drug-likeness (QED) is 0.414. The van der Waals surface area contributed by atoms with Crippen LogP contribution >= 0.6 is 27.5 Å². The molecule has 1 amide bonds. The molecule has 1 aromatic heterocycles. The number of hydrazone groups is 1. The molecular weight excluding hydrogens is 456 g/mol. The van der Waals surface area contributed by atoms with Gasteiger partial charge in [-0.15, -0.1) is 0 Å². The zero-order chi connectivity index (χ0) is 21.0. The Morgan fingerprint density at radius 3 is 2.76 bits per heavy atom. The van der Waals surface area contributed by atoms with Gasteiger partial charge in [0.25, 0.3) is 5.91 Å². The summed E-state index contributed by atoms with van der Waals surface area (Å²) in [6, 6.07) is 12.4. The highest BCUT2D eigenvalue weighted by Gasteiger charge is 2.12. The lowest BCUT2D eigenvalue weighted by molar-refractivity contribution is 0.0955. The molecule has 150 valence electrons. The van der Waals surface area contributed by atoms with Crippen LogP contribution < -0.4 is 10.2 Å². The van der Waals surface area contributed by atoms with Crippen molar-refractivity contribution in [2.24, 2.45) is 5.10 Å². The zero-order valence-corrected chi connectivity index (χ0v) is 18.6. The number of aromatic nitrogens is 2. The molecule has 6 nitrogen and oxygen atoms in total. The molecule has 0 bridgehead atoms. The van der Waals surface area contributed by atoms with E-state index in [1.54, 1.807) is 37.6 Å². The molecular formula is C21H20BrClN4O2. The lowest BCUT2D eigenvalue weighted by Gasteiger charge is -2.11. The van der Waals surface area contributed by atoms with Crippen LogP contribution in [-0.2, 0) is 6.54 Å². The number of aryl methyl sites for hydroxylation is 1. The molecule has 0 aliphatic rings. The average Bonchev–Trinajstić information content (AvgIpc) is 2.95. The summed E-state index contributed by atoms with van der Waals surface area (Å²) in [5.74, 6) is 0.390. The van der Waals surface area contributed by atoms with Gasteiger partial charge < -0.3 is 4.74 Å². The average molecular weight is 476 g/mol. The molecule has 0 fully saturated rings. The summed E-state index contributed by atoms with van der Waals surface area (Å²) >= 11 is 9.45. The van der Waals surface area contributed by atoms with Gasteiger partial charge in [0.1, 0.15) is 5.75 Å². The lowest BCUT2D eigenvalue weighted by Crippen LogP contribution is -2.17. The van der Waals surface area contributed by atoms with Gasteiger partial charge in [-0.3, -0.25) is 9.48 Å². The number of nitrogens with one attached hydrogen (secondary N) is 1. The SMILES string of the molecule is COc1cc(C=NNC(=O)c2cccc(Cl)c2)ccc1Cn1nc(C)c(Br)c1C. The Morgan fingerprint density at radius 1 is 1.31 bits per heavy atom. The molecule has 0 saturated heterocycles. The smallest absolute Gasteiger partial charge is 0.271 e. The van der Waals surface area contributed by atoms with E-state index in [0.717, 1.165) is 32.7 Å². The second-order valence-corrected chi connectivity index (χ2v) is 7.65. The van der Waals surface area contributed by atoms with E-state index < -0.39 is 0 Å². The maximum absolute atomic E-state index is 12.1. The van der Waals surface area contributed by atoms with E-state index in [-0.39, 0.29) is 5.91 Å². The van der Waals surface area contributed by atoms with Crippen molar-refractivity contribution in [2.75, 3.05) is 7.11 Å². The monoisotopic (exact) mass is 474 g/mol. The van der Waals surface area contributed by atoms with Crippen molar-refractivity contribution in [3.63, 3.8) is 0 Å². The summed E-state index contributed by atoms with van der Waals surface area (Å²) in [5.41, 5.74) is 6.73. The van der Waals surface area contributed by atoms with Crippen molar-refractivity contribution in [3.05, 3.63) is 80.0 Å². The van der Waals surface area contributed by atoms with Crippen LogP contribution in [0.15, 0.2) is 52.0 Å². The molecule has 3 rings (SSSR count). The number of rotatable bonds is 6. The van der Waals surface area contributed by atoms with E-state index in [1.807, 2.05) is 36.7 Å². The molecule has 3 aromatic rings. The number of halogens is 2. The van der Waals surface area contributed by atoms with E-state index in [1.165, 1.54) is 0 Å². The van der Waals surface area contributed by atoms with E-state index >= 15 is 0 Å². The summed E-state index contributed by atoms with van der Waals surface area (Å²) in [7, 11) is 1.62. The summed E-state index contributed by atoms with van der Waals surface area (Å²) in [5, 5.41) is 9.05. The first kappa shape index (κ1) is 21.1. The highest BCUT2D eigenvalue weighted by atomic mass is 79.9. The molecule has 0 saturated carbocycles. The van der Waals surface area contributed by atoms with Crippen LogP contribution in [0.5, 0.6) is 5.75 Å². The van der Waals surface area contributed by atoms with Crippen molar-refractivity contribution >= 4 is 39.7 Å². The highest BCUT2D eigenvalue weighted by molar-refractivity contribution is 9.10. The summed E-state index contributed by atoms with van der Waals surface area (Å²) in [4.78, 5) is 12.1. The topological polar surface area (TPSA) is 68.5 Å². The number of nitrogens with zero attached hydrogens (tertiary/aromatic N) is 3. The Labute approximate surface area is 182 Å². The first-order valence-electron chi connectivity index (χ1n) is 8.84. The van der Waals surface area contributed by atoms with Crippen molar-refractivity contribution in [1.82, 2.24) is 15.2 Å². The molecule has 29 heavy (non-hydrogen) atoms. The van der Waals surface area contributed by atoms with Gasteiger partial charge in [-0.05, 0) is 59.6 Å². The van der Waals surface area contributed by atoms with Crippen LogP contribution in [0.2, 0.25) is 5.02 Å². The van der Waals surface area contributed by atoms with Crippen LogP contribution in [0.3, 0.4) is 0 Å². The van der Waals surface area contributed by atoms with Gasteiger partial charge in [-0.25, -0.2) is 5.43 Å². The Kier molecular flexibility index (Phi) is 6.71. The molecule has 0 aliphatic carbocycles. The zero-order valence-electron chi connectivity index (χ0n) is 16.2. The largest absolute Gasteiger partial charge is 0.496 e. The third-order valence-corrected chi connectivity index (χ3v) is 5.77. The number of hydrogen-bond acceptors (Lipinski definition) is 4. The van der Waals surface area contributed by atoms with Crippen molar-refractivity contribution in [1.29, 1.82) is 0 Å². The summed E-state index contributed by atoms with van der Waals surface area (Å²) in [6.45, 7) is 4.56. The first-order chi connectivity index (χ1) is 13.9. The Morgan fingerprint density at radius 2 is 2.10 bits per heavy atom. The Hall–Kier alpha value is -2.64. The fourth-order valence-corrected chi connectivity index (χ4v) is 3.30. The molecule has 0 unspecified atom stereocenters. The minimum absolute atomic E-state index is 0.331. The Bertz CT molecular complexity index is 1080. The molecule has 2 aromatic carbocycles. The number of amides is 1. The van der Waals surface area contributed by atoms with E-state index in [2.05, 4.69) is 31.6 Å². The van der Waals surface area contributed by atoms with Crippen LogP contribution in [0.25, 0.3) is 0 Å². The number of carbonyl (C=O) groups excluding carboxylic acids is 1. The second-order valence-electron chi connectivity index (χ2n) is 6.42. The molecule has 1 heterocycles. The number of ether oxygens (including phenoxy) is 1. The van der Waals surface area contributed by atoms with Crippen LogP contribution in [0.4, 0.5) is 0 Å². The number of benzene rings is 2. The number of methoxy groups -OCH3 is 1. The van der Waals surface area contributed by atoms with Gasteiger partial charge in [0.2, 0.25) is 0 Å². The third kappa shape index (κ3) is 5.05. The first-order valence-corrected chi connectivity index (χ1v) is 10.0. The van der Waals surface area contributed by atoms with Gasteiger partial charge in [0.05, 0.1) is 35.7 Å². The predicted molar refractivity (Wildman–Crippen MR) is 118 cm³/mol. The predicted octanol–water partition coefficient (Wildman–Crippen LogP) is 4.74. The summed E-state index contributed by atoms with van der Waals surface area (Å²) < 4.78 is 8.47. The van der Waals surface area contributed by atoms with Crippen LogP contribution in [0, 0.1) is 13.8 Å². The van der Waals surface area contributed by atoms with E-state index in [0.29, 0.717) is 17.1 Å². The highest BCUT2D eigenvalue weighted by Crippen LogP contribution is 2.24. The number of hydrogen-bond donors (Lipinski definition) is 1. The second kappa shape index (κ2) is 9.24. The minimum Gasteiger partial charge on any atom is -0.496 e. The molecule has 1 N–H and O–H groups in total. The van der Waals surface area contributed by atoms with E-state index in [4.69, 9.17) is 16.3 Å². The fraction of sp³-hybridized carbons (Fsp3) is 0.190. The van der Waals surface area contributed by atoms with Gasteiger partial charge in [0, 0.05) is 16.1 Å². The standard InChI is InChI=1S/C21H20BrClN4O2/c1-13-20(22)14(2)27(26-13)12-17-8-7-15(9-19(17)29-3)11-24-25-21(28)16-5-4-6-18(23)10-16/h4-11H,12H2,1-3H3,(H,25,28). The summed E-state index contributed by atoms with van der Waals surface area (Å²) in [6.07, 6.45) is 1.56. The Balaban J connectivity index is 1.72. The van der Waals surface area contributed by atoms with E-state index in [9.17, 15) is 4.79 Å². The molecule has 0 spiro atoms. The molecule has 8 heteroatoms.